The Hall–Kier alpha value is -2.47. The number of aryl methyl sites for hydroxylation is 1. The molecule has 0 heterocycles. The van der Waals surface area contributed by atoms with Crippen molar-refractivity contribution in [2.24, 2.45) is 0 Å². The van der Waals surface area contributed by atoms with Gasteiger partial charge in [0.15, 0.2) is 5.11 Å². The van der Waals surface area contributed by atoms with Gasteiger partial charge in [-0.15, -0.1) is 0 Å². The van der Waals surface area contributed by atoms with E-state index in [0.717, 1.165) is 25.1 Å². The number of nitrogens with one attached hydrogen (secondary N) is 2. The van der Waals surface area contributed by atoms with Crippen LogP contribution >= 0.6 is 12.2 Å². The molecular formula is C16H17N3O2S. The van der Waals surface area contributed by atoms with Crippen LogP contribution in [0.1, 0.15) is 12.0 Å². The maximum absolute atomic E-state index is 10.6. The largest absolute Gasteiger partial charge is 0.362 e. The van der Waals surface area contributed by atoms with Crippen molar-refractivity contribution in [1.29, 1.82) is 0 Å². The van der Waals surface area contributed by atoms with Gasteiger partial charge in [0, 0.05) is 24.4 Å². The van der Waals surface area contributed by atoms with Crippen LogP contribution in [0.4, 0.5) is 11.4 Å². The molecule has 2 rings (SSSR count). The minimum Gasteiger partial charge on any atom is -0.362 e. The quantitative estimate of drug-likeness (QED) is 0.369. The molecule has 0 aromatic heterocycles. The number of hydrogen-bond donors (Lipinski definition) is 2. The lowest BCUT2D eigenvalue weighted by molar-refractivity contribution is -0.384. The van der Waals surface area contributed by atoms with Crippen LogP contribution < -0.4 is 10.6 Å². The van der Waals surface area contributed by atoms with E-state index >= 15 is 0 Å². The Balaban J connectivity index is 1.70. The van der Waals surface area contributed by atoms with Gasteiger partial charge in [0.25, 0.3) is 5.69 Å². The minimum atomic E-state index is -0.427. The summed E-state index contributed by atoms with van der Waals surface area (Å²) < 4.78 is 0. The van der Waals surface area contributed by atoms with Crippen LogP contribution in [-0.4, -0.2) is 16.6 Å². The number of nitrogens with zero attached hydrogens (tertiary/aromatic N) is 1. The summed E-state index contributed by atoms with van der Waals surface area (Å²) in [6.07, 6.45) is 1.97. The summed E-state index contributed by atoms with van der Waals surface area (Å²) >= 11 is 5.19. The molecule has 6 heteroatoms. The summed E-state index contributed by atoms with van der Waals surface area (Å²) in [5.41, 5.74) is 2.09. The molecule has 0 amide bonds. The summed E-state index contributed by atoms with van der Waals surface area (Å²) in [6, 6.07) is 16.4. The molecule has 22 heavy (non-hydrogen) atoms. The van der Waals surface area contributed by atoms with Crippen molar-refractivity contribution in [3.05, 3.63) is 70.3 Å². The molecule has 114 valence electrons. The zero-order chi connectivity index (χ0) is 15.8. The first-order chi connectivity index (χ1) is 10.6. The van der Waals surface area contributed by atoms with Gasteiger partial charge in [-0.2, -0.15) is 0 Å². The van der Waals surface area contributed by atoms with Crippen LogP contribution in [0.25, 0.3) is 0 Å². The van der Waals surface area contributed by atoms with Gasteiger partial charge in [-0.25, -0.2) is 0 Å². The van der Waals surface area contributed by atoms with E-state index in [1.54, 1.807) is 12.1 Å². The van der Waals surface area contributed by atoms with Gasteiger partial charge >= 0.3 is 0 Å². The second-order valence-electron chi connectivity index (χ2n) is 4.77. The first kappa shape index (κ1) is 15.9. The molecule has 2 aromatic carbocycles. The number of anilines is 1. The molecule has 0 bridgehead atoms. The predicted octanol–water partition coefficient (Wildman–Crippen LogP) is 3.51. The van der Waals surface area contributed by atoms with E-state index in [0.29, 0.717) is 5.11 Å². The molecule has 2 N–H and O–H groups in total. The smallest absolute Gasteiger partial charge is 0.269 e. The van der Waals surface area contributed by atoms with Crippen LogP contribution in [0.5, 0.6) is 0 Å². The van der Waals surface area contributed by atoms with E-state index in [-0.39, 0.29) is 5.69 Å². The number of thiocarbonyl (C=S) groups is 1. The van der Waals surface area contributed by atoms with E-state index in [2.05, 4.69) is 22.8 Å². The fraction of sp³-hybridized carbons (Fsp3) is 0.188. The Labute approximate surface area is 134 Å². The molecule has 0 saturated heterocycles. The van der Waals surface area contributed by atoms with Gasteiger partial charge in [-0.1, -0.05) is 30.3 Å². The molecule has 0 aliphatic carbocycles. The number of hydrogen-bond acceptors (Lipinski definition) is 3. The van der Waals surface area contributed by atoms with Crippen LogP contribution in [0.15, 0.2) is 54.6 Å². The van der Waals surface area contributed by atoms with Crippen LogP contribution in [0.3, 0.4) is 0 Å². The van der Waals surface area contributed by atoms with E-state index in [1.165, 1.54) is 17.7 Å². The van der Waals surface area contributed by atoms with Crippen molar-refractivity contribution in [1.82, 2.24) is 5.32 Å². The SMILES string of the molecule is O=[N+]([O-])c1ccc(NC(=S)NCCCc2ccccc2)cc1. The molecular weight excluding hydrogens is 298 g/mol. The van der Waals surface area contributed by atoms with E-state index in [4.69, 9.17) is 12.2 Å². The highest BCUT2D eigenvalue weighted by Crippen LogP contribution is 2.15. The van der Waals surface area contributed by atoms with Crippen LogP contribution in [0.2, 0.25) is 0 Å². The molecule has 5 nitrogen and oxygen atoms in total. The van der Waals surface area contributed by atoms with Gasteiger partial charge in [0.1, 0.15) is 0 Å². The summed E-state index contributed by atoms with van der Waals surface area (Å²) in [5.74, 6) is 0. The van der Waals surface area contributed by atoms with Gasteiger partial charge in [0.2, 0.25) is 0 Å². The van der Waals surface area contributed by atoms with Crippen LogP contribution in [-0.2, 0) is 6.42 Å². The molecule has 0 fully saturated rings. The third-order valence-corrected chi connectivity index (χ3v) is 3.35. The molecule has 0 saturated carbocycles. The van der Waals surface area contributed by atoms with Crippen molar-refractivity contribution in [3.8, 4) is 0 Å². The Kier molecular flexibility index (Phi) is 5.85. The fourth-order valence-electron chi connectivity index (χ4n) is 1.98. The molecule has 0 radical (unpaired) electrons. The average molecular weight is 315 g/mol. The van der Waals surface area contributed by atoms with Gasteiger partial charge < -0.3 is 10.6 Å². The Morgan fingerprint density at radius 3 is 2.41 bits per heavy atom. The summed E-state index contributed by atoms with van der Waals surface area (Å²) in [6.45, 7) is 0.772. The van der Waals surface area contributed by atoms with Gasteiger partial charge in [-0.3, -0.25) is 10.1 Å². The predicted molar refractivity (Wildman–Crippen MR) is 92.1 cm³/mol. The highest BCUT2D eigenvalue weighted by molar-refractivity contribution is 7.80. The molecule has 2 aromatic rings. The minimum absolute atomic E-state index is 0.0623. The Morgan fingerprint density at radius 2 is 1.77 bits per heavy atom. The van der Waals surface area contributed by atoms with Crippen molar-refractivity contribution in [2.75, 3.05) is 11.9 Å². The lowest BCUT2D eigenvalue weighted by Crippen LogP contribution is -2.29. The van der Waals surface area contributed by atoms with Gasteiger partial charge in [-0.05, 0) is 42.8 Å². The first-order valence-corrected chi connectivity index (χ1v) is 7.39. The lowest BCUT2D eigenvalue weighted by atomic mass is 10.1. The second-order valence-corrected chi connectivity index (χ2v) is 5.18. The third kappa shape index (κ3) is 5.14. The lowest BCUT2D eigenvalue weighted by Gasteiger charge is -2.10. The Morgan fingerprint density at radius 1 is 1.09 bits per heavy atom. The van der Waals surface area contributed by atoms with Crippen molar-refractivity contribution < 1.29 is 4.92 Å². The number of nitro benzene ring substituents is 1. The fourth-order valence-corrected chi connectivity index (χ4v) is 2.20. The number of rotatable bonds is 6. The number of benzene rings is 2. The third-order valence-electron chi connectivity index (χ3n) is 3.11. The summed E-state index contributed by atoms with van der Waals surface area (Å²) in [7, 11) is 0. The summed E-state index contributed by atoms with van der Waals surface area (Å²) in [5, 5.41) is 17.2. The van der Waals surface area contributed by atoms with Crippen LogP contribution in [0, 0.1) is 10.1 Å². The van der Waals surface area contributed by atoms with Crippen molar-refractivity contribution in [2.45, 2.75) is 12.8 Å². The van der Waals surface area contributed by atoms with E-state index in [9.17, 15) is 10.1 Å². The maximum atomic E-state index is 10.6. The first-order valence-electron chi connectivity index (χ1n) is 6.98. The van der Waals surface area contributed by atoms with Crippen molar-refractivity contribution >= 4 is 28.7 Å². The molecule has 0 atom stereocenters. The molecule has 0 unspecified atom stereocenters. The highest BCUT2D eigenvalue weighted by Gasteiger charge is 2.04. The summed E-state index contributed by atoms with van der Waals surface area (Å²) in [4.78, 5) is 10.1. The number of non-ortho nitro benzene ring substituents is 1. The highest BCUT2D eigenvalue weighted by atomic mass is 32.1. The Bertz CT molecular complexity index is 630. The topological polar surface area (TPSA) is 67.2 Å². The molecule has 0 aliphatic heterocycles. The van der Waals surface area contributed by atoms with E-state index < -0.39 is 4.92 Å². The number of nitro groups is 1. The molecule has 0 spiro atoms. The van der Waals surface area contributed by atoms with E-state index in [1.807, 2.05) is 18.2 Å². The average Bonchev–Trinajstić information content (AvgIpc) is 2.53. The zero-order valence-electron chi connectivity index (χ0n) is 12.0. The normalized spacial score (nSPS) is 10.0. The maximum Gasteiger partial charge on any atom is 0.269 e. The monoisotopic (exact) mass is 315 g/mol. The van der Waals surface area contributed by atoms with Crippen molar-refractivity contribution in [3.63, 3.8) is 0 Å². The molecule has 0 aliphatic rings. The second kappa shape index (κ2) is 8.09. The van der Waals surface area contributed by atoms with Gasteiger partial charge in [0.05, 0.1) is 4.92 Å². The zero-order valence-corrected chi connectivity index (χ0v) is 12.8. The standard InChI is InChI=1S/C16H17N3O2S/c20-19(21)15-10-8-14(9-11-15)18-16(22)17-12-4-7-13-5-2-1-3-6-13/h1-3,5-6,8-11H,4,7,12H2,(H2,17,18,22).